The van der Waals surface area contributed by atoms with Crippen LogP contribution in [0.15, 0.2) is 109 Å². The highest BCUT2D eigenvalue weighted by Crippen LogP contribution is 2.51. The normalized spacial score (nSPS) is 12.6. The van der Waals surface area contributed by atoms with Crippen molar-refractivity contribution in [1.82, 2.24) is 0 Å². The quantitative estimate of drug-likeness (QED) is 0.0635. The topological polar surface area (TPSA) is 17.1 Å². The lowest BCUT2D eigenvalue weighted by molar-refractivity contribution is 0.384. The van der Waals surface area contributed by atoms with E-state index in [2.05, 4.69) is 0 Å². The fourth-order valence-electron chi connectivity index (χ4n) is 7.23. The molecule has 216 valence electrons. The summed E-state index contributed by atoms with van der Waals surface area (Å²) in [5.41, 5.74) is 0. The number of halogens is 5. The van der Waals surface area contributed by atoms with Crippen LogP contribution >= 0.6 is 7.14 Å². The van der Waals surface area contributed by atoms with Gasteiger partial charge in [0.1, 0.15) is 0 Å². The molecule has 9 aromatic rings. The van der Waals surface area contributed by atoms with Gasteiger partial charge in [-0.05, 0) is 76.8 Å². The van der Waals surface area contributed by atoms with Gasteiger partial charge in [0, 0.05) is 10.6 Å². The van der Waals surface area contributed by atoms with E-state index < -0.39 is 41.5 Å². The molecule has 0 saturated carbocycles. The van der Waals surface area contributed by atoms with Gasteiger partial charge in [0.2, 0.25) is 5.82 Å². The molecule has 9 rings (SSSR count). The van der Waals surface area contributed by atoms with E-state index in [1.807, 2.05) is 72.8 Å². The fourth-order valence-corrected chi connectivity index (χ4v) is 10.3. The SMILES string of the molecule is O=P(c1c(F)c(F)c(F)c(F)c1F)(c1ccc2ccc3cccc4ccc1c2c34)c1ccc2ccc3cccc4ccc1c2c34. The Bertz CT molecular complexity index is 2540. The summed E-state index contributed by atoms with van der Waals surface area (Å²) in [5.74, 6) is -10.8. The molecule has 9 aromatic carbocycles. The second kappa shape index (κ2) is 8.99. The molecule has 0 fully saturated rings. The van der Waals surface area contributed by atoms with Crippen molar-refractivity contribution in [3.63, 3.8) is 0 Å². The van der Waals surface area contributed by atoms with Crippen molar-refractivity contribution in [2.24, 2.45) is 0 Å². The molecule has 0 N–H and O–H groups in total. The molecule has 0 unspecified atom stereocenters. The molecule has 0 saturated heterocycles. The molecule has 0 spiro atoms. The standard InChI is InChI=1S/C38H18F5OP/c39-33-34(40)36(42)38(37(43)35(33)41)45(44,27-17-13-23-9-7-19-3-1-5-21-11-15-25(27)31(23)29(19)21)28-18-14-24-10-8-20-4-2-6-22-12-16-26(28)32(24)30(20)22/h1-18H. The van der Waals surface area contributed by atoms with Gasteiger partial charge in [-0.1, -0.05) is 97.1 Å². The van der Waals surface area contributed by atoms with Gasteiger partial charge in [-0.3, -0.25) is 0 Å². The Morgan fingerprint density at radius 1 is 0.356 bits per heavy atom. The summed E-state index contributed by atoms with van der Waals surface area (Å²) in [6.07, 6.45) is 0. The van der Waals surface area contributed by atoms with Crippen LogP contribution in [-0.2, 0) is 4.57 Å². The Morgan fingerprint density at radius 2 is 0.667 bits per heavy atom. The van der Waals surface area contributed by atoms with Crippen LogP contribution in [0.5, 0.6) is 0 Å². The van der Waals surface area contributed by atoms with Gasteiger partial charge in [0.05, 0.1) is 5.30 Å². The first-order valence-corrected chi connectivity index (χ1v) is 16.0. The van der Waals surface area contributed by atoms with Crippen molar-refractivity contribution in [3.8, 4) is 0 Å². The van der Waals surface area contributed by atoms with Crippen molar-refractivity contribution < 1.29 is 26.5 Å². The lowest BCUT2D eigenvalue weighted by Gasteiger charge is -2.26. The van der Waals surface area contributed by atoms with Crippen LogP contribution in [0.2, 0.25) is 0 Å². The van der Waals surface area contributed by atoms with Crippen LogP contribution in [0, 0.1) is 29.1 Å². The van der Waals surface area contributed by atoms with Crippen LogP contribution in [0.25, 0.3) is 64.6 Å². The molecule has 45 heavy (non-hydrogen) atoms. The van der Waals surface area contributed by atoms with E-state index >= 15 is 13.3 Å². The van der Waals surface area contributed by atoms with E-state index in [1.165, 1.54) is 12.1 Å². The minimum atomic E-state index is -4.84. The molecule has 0 amide bonds. The lowest BCUT2D eigenvalue weighted by Crippen LogP contribution is -2.32. The minimum Gasteiger partial charge on any atom is -0.308 e. The molecule has 0 aromatic heterocycles. The summed E-state index contributed by atoms with van der Waals surface area (Å²) in [7, 11) is -4.84. The summed E-state index contributed by atoms with van der Waals surface area (Å²) < 4.78 is 92.3. The zero-order valence-electron chi connectivity index (χ0n) is 23.1. The Labute approximate surface area is 252 Å². The molecule has 1 nitrogen and oxygen atoms in total. The third-order valence-corrected chi connectivity index (χ3v) is 12.4. The van der Waals surface area contributed by atoms with Crippen LogP contribution in [0.4, 0.5) is 22.0 Å². The molecule has 0 heterocycles. The Hall–Kier alpha value is -5.06. The second-order valence-corrected chi connectivity index (χ2v) is 14.0. The first-order chi connectivity index (χ1) is 21.8. The van der Waals surface area contributed by atoms with Gasteiger partial charge in [-0.25, -0.2) is 22.0 Å². The molecular weight excluding hydrogens is 598 g/mol. The van der Waals surface area contributed by atoms with E-state index in [0.717, 1.165) is 43.1 Å². The van der Waals surface area contributed by atoms with E-state index in [1.54, 1.807) is 24.3 Å². The Kier molecular flexibility index (Phi) is 5.27. The van der Waals surface area contributed by atoms with E-state index in [0.29, 0.717) is 21.5 Å². The van der Waals surface area contributed by atoms with E-state index in [-0.39, 0.29) is 10.6 Å². The van der Waals surface area contributed by atoms with Gasteiger partial charge in [0.15, 0.2) is 30.4 Å². The first kappa shape index (κ1) is 26.4. The maximum Gasteiger partial charge on any atom is 0.200 e. The van der Waals surface area contributed by atoms with Crippen LogP contribution < -0.4 is 15.9 Å². The van der Waals surface area contributed by atoms with Gasteiger partial charge < -0.3 is 4.57 Å². The highest BCUT2D eigenvalue weighted by molar-refractivity contribution is 7.86. The van der Waals surface area contributed by atoms with Crippen molar-refractivity contribution >= 4 is 87.7 Å². The number of hydrogen-bond donors (Lipinski definition) is 0. The maximum atomic E-state index is 16.0. The van der Waals surface area contributed by atoms with Crippen molar-refractivity contribution in [1.29, 1.82) is 0 Å². The van der Waals surface area contributed by atoms with Gasteiger partial charge in [0.25, 0.3) is 0 Å². The summed E-state index contributed by atoms with van der Waals surface area (Å²) in [4.78, 5) is 0. The molecule has 0 aliphatic rings. The highest BCUT2D eigenvalue weighted by Gasteiger charge is 2.42. The predicted octanol–water partition coefficient (Wildman–Crippen LogP) is 9.82. The van der Waals surface area contributed by atoms with Crippen LogP contribution in [-0.4, -0.2) is 0 Å². The monoisotopic (exact) mass is 616 g/mol. The van der Waals surface area contributed by atoms with Gasteiger partial charge in [-0.2, -0.15) is 0 Å². The summed E-state index contributed by atoms with van der Waals surface area (Å²) in [6, 6.07) is 32.7. The highest BCUT2D eigenvalue weighted by atomic mass is 31.2. The molecule has 0 aliphatic heterocycles. The van der Waals surface area contributed by atoms with Crippen molar-refractivity contribution in [2.75, 3.05) is 0 Å². The average Bonchev–Trinajstić information content (AvgIpc) is 3.07. The zero-order chi connectivity index (χ0) is 30.8. The van der Waals surface area contributed by atoms with Gasteiger partial charge >= 0.3 is 0 Å². The largest absolute Gasteiger partial charge is 0.308 e. The predicted molar refractivity (Wildman–Crippen MR) is 173 cm³/mol. The third-order valence-electron chi connectivity index (χ3n) is 9.19. The summed E-state index contributed by atoms with van der Waals surface area (Å²) in [6.45, 7) is 0. The van der Waals surface area contributed by atoms with Crippen molar-refractivity contribution in [2.45, 2.75) is 0 Å². The Balaban J connectivity index is 1.51. The second-order valence-electron chi connectivity index (χ2n) is 11.4. The van der Waals surface area contributed by atoms with Crippen LogP contribution in [0.3, 0.4) is 0 Å². The van der Waals surface area contributed by atoms with E-state index in [9.17, 15) is 13.2 Å². The first-order valence-electron chi connectivity index (χ1n) is 14.3. The fraction of sp³-hybridized carbons (Fsp3) is 0. The van der Waals surface area contributed by atoms with Crippen LogP contribution in [0.1, 0.15) is 0 Å². The summed E-state index contributed by atoms with van der Waals surface area (Å²) in [5, 5.41) is 7.76. The molecule has 0 aliphatic carbocycles. The molecule has 0 atom stereocenters. The summed E-state index contributed by atoms with van der Waals surface area (Å²) >= 11 is 0. The molecule has 7 heteroatoms. The minimum absolute atomic E-state index is 0.00788. The third kappa shape index (κ3) is 3.30. The smallest absolute Gasteiger partial charge is 0.200 e. The number of hydrogen-bond acceptors (Lipinski definition) is 1. The molecular formula is C38H18F5OP. The molecule has 0 radical (unpaired) electrons. The number of benzene rings is 9. The average molecular weight is 617 g/mol. The molecule has 0 bridgehead atoms. The lowest BCUT2D eigenvalue weighted by atomic mass is 9.94. The maximum absolute atomic E-state index is 16.0. The van der Waals surface area contributed by atoms with Gasteiger partial charge in [-0.15, -0.1) is 0 Å². The van der Waals surface area contributed by atoms with Crippen molar-refractivity contribution in [3.05, 3.63) is 138 Å². The van der Waals surface area contributed by atoms with E-state index in [4.69, 9.17) is 0 Å². The zero-order valence-corrected chi connectivity index (χ0v) is 24.0. The number of rotatable bonds is 3. The Morgan fingerprint density at radius 3 is 1.07 bits per heavy atom.